The fourth-order valence-corrected chi connectivity index (χ4v) is 2.64. The lowest BCUT2D eigenvalue weighted by atomic mass is 10.1. The third kappa shape index (κ3) is 4.48. The highest BCUT2D eigenvalue weighted by Crippen LogP contribution is 2.25. The van der Waals surface area contributed by atoms with Gasteiger partial charge in [0.05, 0.1) is 18.2 Å². The number of carbonyl (C=O) groups is 1. The molecule has 130 valence electrons. The van der Waals surface area contributed by atoms with Crippen molar-refractivity contribution in [3.8, 4) is 11.8 Å². The van der Waals surface area contributed by atoms with E-state index in [1.54, 1.807) is 42.5 Å². The number of benzene rings is 1. The van der Waals surface area contributed by atoms with Crippen LogP contribution < -0.4 is 10.1 Å². The Morgan fingerprint density at radius 2 is 2.20 bits per heavy atom. The molecule has 1 atom stereocenters. The molecule has 0 fully saturated rings. The zero-order chi connectivity index (χ0) is 18.2. The first kappa shape index (κ1) is 18.3. The molecule has 6 heteroatoms. The molecule has 0 unspecified atom stereocenters. The highest BCUT2D eigenvalue weighted by molar-refractivity contribution is 5.89. The predicted molar refractivity (Wildman–Crippen MR) is 96.4 cm³/mol. The zero-order valence-electron chi connectivity index (χ0n) is 14.7. The number of amides is 2. The van der Waals surface area contributed by atoms with Crippen LogP contribution >= 0.6 is 0 Å². The van der Waals surface area contributed by atoms with Crippen LogP contribution in [0.25, 0.3) is 0 Å². The molecule has 1 N–H and O–H groups in total. The number of rotatable bonds is 6. The number of aromatic nitrogens is 1. The van der Waals surface area contributed by atoms with Crippen LogP contribution in [0.3, 0.4) is 0 Å². The van der Waals surface area contributed by atoms with Gasteiger partial charge in [-0.2, -0.15) is 5.26 Å². The van der Waals surface area contributed by atoms with Gasteiger partial charge in [-0.05, 0) is 43.2 Å². The zero-order valence-corrected chi connectivity index (χ0v) is 14.7. The summed E-state index contributed by atoms with van der Waals surface area (Å²) in [6.07, 6.45) is 4.24. The third-order valence-corrected chi connectivity index (χ3v) is 3.89. The number of ether oxygens (including phenoxy) is 1. The average Bonchev–Trinajstić information content (AvgIpc) is 2.64. The first-order chi connectivity index (χ1) is 12.1. The molecule has 2 aromatic rings. The first-order valence-corrected chi connectivity index (χ1v) is 8.21. The van der Waals surface area contributed by atoms with E-state index in [1.807, 2.05) is 26.0 Å². The van der Waals surface area contributed by atoms with E-state index in [4.69, 9.17) is 4.74 Å². The van der Waals surface area contributed by atoms with Crippen LogP contribution in [-0.2, 0) is 0 Å². The minimum atomic E-state index is -0.247. The molecule has 0 saturated heterocycles. The molecule has 1 heterocycles. The van der Waals surface area contributed by atoms with Crippen molar-refractivity contribution in [3.05, 3.63) is 53.9 Å². The van der Waals surface area contributed by atoms with Crippen molar-refractivity contribution in [1.82, 2.24) is 9.88 Å². The molecule has 25 heavy (non-hydrogen) atoms. The van der Waals surface area contributed by atoms with Gasteiger partial charge in [-0.1, -0.05) is 13.0 Å². The molecule has 0 bridgehead atoms. The van der Waals surface area contributed by atoms with Gasteiger partial charge in [0.25, 0.3) is 0 Å². The topological polar surface area (TPSA) is 78.2 Å². The molecule has 0 radical (unpaired) electrons. The maximum absolute atomic E-state index is 12.6. The Hall–Kier alpha value is -3.07. The summed E-state index contributed by atoms with van der Waals surface area (Å²) >= 11 is 0. The standard InChI is InChI=1S/C19H22N4O2/c1-4-17(14-7-6-10-21-13-14)23(3)19(24)22-16-8-9-18(25-5-2)15(11-16)12-20/h6-11,13,17H,4-5H2,1-3H3,(H,22,24)/t17-/m0/s1. The quantitative estimate of drug-likeness (QED) is 0.864. The van der Waals surface area contributed by atoms with E-state index in [0.29, 0.717) is 23.6 Å². The van der Waals surface area contributed by atoms with Crippen LogP contribution in [-0.4, -0.2) is 29.6 Å². The molecule has 0 saturated carbocycles. The minimum absolute atomic E-state index is 0.0770. The number of pyridine rings is 1. The van der Waals surface area contributed by atoms with Gasteiger partial charge in [0.2, 0.25) is 0 Å². The van der Waals surface area contributed by atoms with Gasteiger partial charge >= 0.3 is 6.03 Å². The lowest BCUT2D eigenvalue weighted by Crippen LogP contribution is -2.34. The minimum Gasteiger partial charge on any atom is -0.492 e. The number of carbonyl (C=O) groups excluding carboxylic acids is 1. The summed E-state index contributed by atoms with van der Waals surface area (Å²) in [6.45, 7) is 4.35. The third-order valence-electron chi connectivity index (χ3n) is 3.89. The Balaban J connectivity index is 2.14. The lowest BCUT2D eigenvalue weighted by molar-refractivity contribution is 0.202. The summed E-state index contributed by atoms with van der Waals surface area (Å²) in [5, 5.41) is 12.1. The van der Waals surface area contributed by atoms with Gasteiger partial charge in [-0.15, -0.1) is 0 Å². The molecule has 0 aliphatic heterocycles. The Morgan fingerprint density at radius 3 is 2.80 bits per heavy atom. The number of hydrogen-bond donors (Lipinski definition) is 1. The highest BCUT2D eigenvalue weighted by atomic mass is 16.5. The molecule has 2 rings (SSSR count). The van der Waals surface area contributed by atoms with Crippen LogP contribution in [0.1, 0.15) is 37.4 Å². The predicted octanol–water partition coefficient (Wildman–Crippen LogP) is 3.97. The number of anilines is 1. The summed E-state index contributed by atoms with van der Waals surface area (Å²) in [5.74, 6) is 0.512. The van der Waals surface area contributed by atoms with Crippen LogP contribution in [0.2, 0.25) is 0 Å². The second-order valence-corrected chi connectivity index (χ2v) is 5.51. The molecule has 1 aromatic carbocycles. The van der Waals surface area contributed by atoms with E-state index in [2.05, 4.69) is 16.4 Å². The van der Waals surface area contributed by atoms with Crippen molar-refractivity contribution in [2.24, 2.45) is 0 Å². The van der Waals surface area contributed by atoms with Gasteiger partial charge < -0.3 is 15.0 Å². The van der Waals surface area contributed by atoms with E-state index >= 15 is 0 Å². The van der Waals surface area contributed by atoms with Gasteiger partial charge in [0.15, 0.2) is 0 Å². The highest BCUT2D eigenvalue weighted by Gasteiger charge is 2.20. The van der Waals surface area contributed by atoms with E-state index in [1.165, 1.54) is 0 Å². The van der Waals surface area contributed by atoms with Crippen molar-refractivity contribution in [3.63, 3.8) is 0 Å². The van der Waals surface area contributed by atoms with E-state index in [9.17, 15) is 10.1 Å². The molecule has 0 aliphatic carbocycles. The average molecular weight is 338 g/mol. The van der Waals surface area contributed by atoms with Crippen LogP contribution in [0.4, 0.5) is 10.5 Å². The smallest absolute Gasteiger partial charge is 0.322 e. The van der Waals surface area contributed by atoms with Crippen molar-refractivity contribution >= 4 is 11.7 Å². The Morgan fingerprint density at radius 1 is 1.40 bits per heavy atom. The fraction of sp³-hybridized carbons (Fsp3) is 0.316. The molecular formula is C19H22N4O2. The molecule has 0 spiro atoms. The molecular weight excluding hydrogens is 316 g/mol. The number of urea groups is 1. The Labute approximate surface area is 148 Å². The van der Waals surface area contributed by atoms with Crippen molar-refractivity contribution in [2.45, 2.75) is 26.3 Å². The fourth-order valence-electron chi connectivity index (χ4n) is 2.64. The van der Waals surface area contributed by atoms with Crippen molar-refractivity contribution in [2.75, 3.05) is 19.0 Å². The van der Waals surface area contributed by atoms with Gasteiger partial charge in [0.1, 0.15) is 11.8 Å². The largest absolute Gasteiger partial charge is 0.492 e. The first-order valence-electron chi connectivity index (χ1n) is 8.21. The number of nitriles is 1. The Kier molecular flexibility index (Phi) is 6.35. The molecule has 6 nitrogen and oxygen atoms in total. The number of hydrogen-bond acceptors (Lipinski definition) is 4. The maximum atomic E-state index is 12.6. The van der Waals surface area contributed by atoms with Crippen LogP contribution in [0.15, 0.2) is 42.7 Å². The van der Waals surface area contributed by atoms with E-state index in [-0.39, 0.29) is 12.1 Å². The maximum Gasteiger partial charge on any atom is 0.322 e. The van der Waals surface area contributed by atoms with Gasteiger partial charge in [-0.3, -0.25) is 4.98 Å². The number of nitrogens with zero attached hydrogens (tertiary/aromatic N) is 3. The Bertz CT molecular complexity index is 756. The summed E-state index contributed by atoms with van der Waals surface area (Å²) in [5.41, 5.74) is 1.92. The van der Waals surface area contributed by atoms with Gasteiger partial charge in [-0.25, -0.2) is 4.79 Å². The number of nitrogens with one attached hydrogen (secondary N) is 1. The van der Waals surface area contributed by atoms with Crippen LogP contribution in [0.5, 0.6) is 5.75 Å². The molecule has 2 amide bonds. The summed E-state index contributed by atoms with van der Waals surface area (Å²) in [6, 6.07) is 10.6. The second-order valence-electron chi connectivity index (χ2n) is 5.51. The second kappa shape index (κ2) is 8.69. The summed E-state index contributed by atoms with van der Waals surface area (Å²) < 4.78 is 5.40. The monoisotopic (exact) mass is 338 g/mol. The molecule has 1 aromatic heterocycles. The van der Waals surface area contributed by atoms with Crippen molar-refractivity contribution < 1.29 is 9.53 Å². The normalized spacial score (nSPS) is 11.3. The lowest BCUT2D eigenvalue weighted by Gasteiger charge is -2.27. The van der Waals surface area contributed by atoms with Crippen LogP contribution in [0, 0.1) is 11.3 Å². The summed E-state index contributed by atoms with van der Waals surface area (Å²) in [4.78, 5) is 18.3. The summed E-state index contributed by atoms with van der Waals surface area (Å²) in [7, 11) is 1.75. The van der Waals surface area contributed by atoms with E-state index < -0.39 is 0 Å². The van der Waals surface area contributed by atoms with E-state index in [0.717, 1.165) is 12.0 Å². The SMILES string of the molecule is CCOc1ccc(NC(=O)N(C)[C@@H](CC)c2cccnc2)cc1C#N. The van der Waals surface area contributed by atoms with Crippen molar-refractivity contribution in [1.29, 1.82) is 5.26 Å². The van der Waals surface area contributed by atoms with Gasteiger partial charge in [0, 0.05) is 25.1 Å². The molecule has 0 aliphatic rings.